The number of alkyl halides is 2. The Bertz CT molecular complexity index is 767. The molecule has 10 heteroatoms. The smallest absolute Gasteiger partial charge is 0.377 e. The van der Waals surface area contributed by atoms with Crippen LogP contribution in [0.1, 0.15) is 46.0 Å². The Morgan fingerprint density at radius 3 is 2.41 bits per heavy atom. The molecule has 6 rings (SSSR count). The predicted molar refractivity (Wildman–Crippen MR) is 100 cm³/mol. The van der Waals surface area contributed by atoms with E-state index in [1.807, 2.05) is 0 Å². The van der Waals surface area contributed by atoms with Crippen LogP contribution in [0.2, 0.25) is 0 Å². The van der Waals surface area contributed by atoms with Crippen molar-refractivity contribution < 1.29 is 37.4 Å². The van der Waals surface area contributed by atoms with Crippen molar-refractivity contribution in [2.75, 3.05) is 0 Å². The highest BCUT2D eigenvalue weighted by Gasteiger charge is 2.71. The van der Waals surface area contributed by atoms with Crippen molar-refractivity contribution >= 4 is 41.4 Å². The summed E-state index contributed by atoms with van der Waals surface area (Å²) in [6.07, 6.45) is 2.73. The second-order valence-corrected chi connectivity index (χ2v) is 12.2. The van der Waals surface area contributed by atoms with E-state index < -0.39 is 35.5 Å². The number of esters is 3. The number of ether oxygens (including phenoxy) is 3. The molecule has 0 N–H and O–H groups in total. The number of carbonyl (C=O) groups is 3. The van der Waals surface area contributed by atoms with E-state index in [-0.39, 0.29) is 26.6 Å². The molecule has 0 amide bonds. The molecular weight excluding hydrogens is 426 g/mol. The third-order valence-electron chi connectivity index (χ3n) is 6.88. The van der Waals surface area contributed by atoms with E-state index in [1.165, 1.54) is 6.92 Å². The van der Waals surface area contributed by atoms with Crippen LogP contribution in [-0.4, -0.2) is 50.3 Å². The molecule has 2 heterocycles. The molecule has 6 aliphatic rings. The first-order valence-electron chi connectivity index (χ1n) is 9.86. The van der Waals surface area contributed by atoms with Gasteiger partial charge in [-0.2, -0.15) is 8.78 Å². The average Bonchev–Trinajstić information content (AvgIpc) is 3.07. The summed E-state index contributed by atoms with van der Waals surface area (Å²) in [6, 6.07) is 0. The van der Waals surface area contributed by atoms with Crippen LogP contribution < -0.4 is 0 Å². The lowest BCUT2D eigenvalue weighted by atomic mass is 9.53. The molecule has 5 atom stereocenters. The summed E-state index contributed by atoms with van der Waals surface area (Å²) in [5, 5.41) is -0.271. The summed E-state index contributed by atoms with van der Waals surface area (Å²) >= 11 is 3.26. The zero-order valence-corrected chi connectivity index (χ0v) is 17.7. The molecule has 0 aromatic rings. The van der Waals surface area contributed by atoms with Gasteiger partial charge in [0.2, 0.25) is 6.10 Å². The van der Waals surface area contributed by atoms with Gasteiger partial charge in [0.15, 0.2) is 5.44 Å². The van der Waals surface area contributed by atoms with Gasteiger partial charge in [-0.25, -0.2) is 9.59 Å². The molecule has 160 valence electrons. The van der Waals surface area contributed by atoms with Crippen LogP contribution in [0.15, 0.2) is 0 Å². The fraction of sp³-hybridized carbons (Fsp3) is 0.842. The molecule has 2 aliphatic heterocycles. The minimum Gasteiger partial charge on any atom is -0.455 e. The number of rotatable bonds is 3. The van der Waals surface area contributed by atoms with Crippen LogP contribution in [0.25, 0.3) is 0 Å². The highest BCUT2D eigenvalue weighted by molar-refractivity contribution is 8.22. The van der Waals surface area contributed by atoms with E-state index in [2.05, 4.69) is 0 Å². The monoisotopic (exact) mass is 448 g/mol. The van der Waals surface area contributed by atoms with Crippen LogP contribution in [-0.2, 0) is 28.6 Å². The first-order valence-corrected chi connectivity index (χ1v) is 11.6. The molecular formula is C19H22F2O6S2. The third kappa shape index (κ3) is 2.99. The molecule has 1 spiro atoms. The van der Waals surface area contributed by atoms with Crippen molar-refractivity contribution in [1.82, 2.24) is 0 Å². The Morgan fingerprint density at radius 1 is 1.17 bits per heavy atom. The summed E-state index contributed by atoms with van der Waals surface area (Å²) in [5.41, 5.74) is -1.20. The number of thioether (sulfide) groups is 2. The maximum Gasteiger partial charge on any atom is 0.377 e. The van der Waals surface area contributed by atoms with Crippen molar-refractivity contribution in [3.63, 3.8) is 0 Å². The zero-order chi connectivity index (χ0) is 20.8. The SMILES string of the molecule is CC(=O)OC1C(=O)OC2SC3(SC21)C1CC2CC3CC(OC(=O)C(C)(F)F)(C2)C1. The van der Waals surface area contributed by atoms with Crippen molar-refractivity contribution in [3.05, 3.63) is 0 Å². The van der Waals surface area contributed by atoms with Crippen molar-refractivity contribution in [3.8, 4) is 0 Å². The first-order chi connectivity index (χ1) is 13.5. The molecule has 2 saturated heterocycles. The molecule has 29 heavy (non-hydrogen) atoms. The van der Waals surface area contributed by atoms with Gasteiger partial charge in [0.1, 0.15) is 10.9 Å². The molecule has 5 unspecified atom stereocenters. The van der Waals surface area contributed by atoms with E-state index >= 15 is 0 Å². The quantitative estimate of drug-likeness (QED) is 0.481. The molecule has 0 aromatic carbocycles. The van der Waals surface area contributed by atoms with E-state index in [9.17, 15) is 23.2 Å². The first kappa shape index (κ1) is 19.9. The highest BCUT2D eigenvalue weighted by Crippen LogP contribution is 2.73. The number of carbonyl (C=O) groups excluding carboxylic acids is 3. The highest BCUT2D eigenvalue weighted by atomic mass is 32.2. The second kappa shape index (κ2) is 6.24. The van der Waals surface area contributed by atoms with E-state index in [4.69, 9.17) is 14.2 Å². The van der Waals surface area contributed by atoms with Crippen molar-refractivity contribution in [1.29, 1.82) is 0 Å². The van der Waals surface area contributed by atoms with Gasteiger partial charge in [0, 0.05) is 13.8 Å². The van der Waals surface area contributed by atoms with Crippen molar-refractivity contribution in [2.45, 2.75) is 78.3 Å². The van der Waals surface area contributed by atoms with E-state index in [0.717, 1.165) is 12.8 Å². The third-order valence-corrected chi connectivity index (χ3v) is 11.1. The van der Waals surface area contributed by atoms with Crippen molar-refractivity contribution in [2.24, 2.45) is 17.8 Å². The van der Waals surface area contributed by atoms with Crippen LogP contribution in [0, 0.1) is 17.8 Å². The Kier molecular flexibility index (Phi) is 4.29. The van der Waals surface area contributed by atoms with E-state index in [0.29, 0.717) is 32.1 Å². The summed E-state index contributed by atoms with van der Waals surface area (Å²) in [7, 11) is 0. The normalized spacial score (nSPS) is 47.2. The van der Waals surface area contributed by atoms with Gasteiger partial charge in [-0.1, -0.05) is 11.8 Å². The molecule has 0 aromatic heterocycles. The lowest BCUT2D eigenvalue weighted by Crippen LogP contribution is -2.62. The summed E-state index contributed by atoms with van der Waals surface area (Å²) in [6.45, 7) is 1.85. The van der Waals surface area contributed by atoms with Gasteiger partial charge in [0.05, 0.1) is 4.08 Å². The summed E-state index contributed by atoms with van der Waals surface area (Å²) in [4.78, 5) is 35.4. The van der Waals surface area contributed by atoms with Gasteiger partial charge < -0.3 is 14.2 Å². The number of hydrogen-bond donors (Lipinski definition) is 0. The lowest BCUT2D eigenvalue weighted by Gasteiger charge is -2.63. The lowest BCUT2D eigenvalue weighted by molar-refractivity contribution is -0.208. The van der Waals surface area contributed by atoms with Gasteiger partial charge in [-0.05, 0) is 49.9 Å². The molecule has 6 nitrogen and oxygen atoms in total. The second-order valence-electron chi connectivity index (χ2n) is 9.06. The van der Waals surface area contributed by atoms with Crippen LogP contribution in [0.4, 0.5) is 8.78 Å². The Labute approximate surface area is 175 Å². The maximum absolute atomic E-state index is 13.5. The molecule has 4 saturated carbocycles. The van der Waals surface area contributed by atoms with Gasteiger partial charge in [0.25, 0.3) is 0 Å². The van der Waals surface area contributed by atoms with Gasteiger partial charge in [-0.15, -0.1) is 11.8 Å². The maximum atomic E-state index is 13.5. The van der Waals surface area contributed by atoms with Crippen LogP contribution in [0.5, 0.6) is 0 Å². The van der Waals surface area contributed by atoms with E-state index in [1.54, 1.807) is 23.5 Å². The number of halogens is 2. The predicted octanol–water partition coefficient (Wildman–Crippen LogP) is 3.12. The Balaban J connectivity index is 1.38. The molecule has 4 aliphatic carbocycles. The topological polar surface area (TPSA) is 78.9 Å². The fourth-order valence-corrected chi connectivity index (χ4v) is 10.4. The Morgan fingerprint density at radius 2 is 1.83 bits per heavy atom. The summed E-state index contributed by atoms with van der Waals surface area (Å²) < 4.78 is 42.9. The summed E-state index contributed by atoms with van der Waals surface area (Å²) in [5.74, 6) is -5.28. The van der Waals surface area contributed by atoms with Crippen LogP contribution in [0.3, 0.4) is 0 Å². The zero-order valence-electron chi connectivity index (χ0n) is 16.0. The Hall–Kier alpha value is -1.03. The van der Waals surface area contributed by atoms with Gasteiger partial charge >= 0.3 is 23.8 Å². The number of fused-ring (bicyclic) bond motifs is 1. The van der Waals surface area contributed by atoms with Crippen LogP contribution >= 0.6 is 23.5 Å². The molecule has 4 bridgehead atoms. The number of hydrogen-bond acceptors (Lipinski definition) is 8. The fourth-order valence-electron chi connectivity index (χ4n) is 6.10. The minimum atomic E-state index is -3.50. The molecule has 6 fully saturated rings. The standard InChI is InChI=1S/C19H22F2O6S2/c1-8(22)25-12-13-15(26-14(12)23)29-19(28-13)10-3-9-4-11(19)7-18(5-9,6-10)27-16(24)17(2,20)21/h9-13,15H,3-7H2,1-2H3. The van der Waals surface area contributed by atoms with Gasteiger partial charge in [-0.3, -0.25) is 4.79 Å². The largest absolute Gasteiger partial charge is 0.455 e. The minimum absolute atomic E-state index is 0.171. The molecule has 0 radical (unpaired) electrons. The average molecular weight is 449 g/mol.